The summed E-state index contributed by atoms with van der Waals surface area (Å²) < 4.78 is 1.47. The first-order valence-corrected chi connectivity index (χ1v) is 4.26. The molecule has 0 aliphatic carbocycles. The molecule has 2 aromatic rings. The molecule has 0 aliphatic heterocycles. The van der Waals surface area contributed by atoms with Crippen LogP contribution in [0, 0.1) is 0 Å². The number of aliphatic hydroxyl groups excluding tert-OH is 1. The number of rotatable bonds is 3. The highest BCUT2D eigenvalue weighted by atomic mass is 16.3. The van der Waals surface area contributed by atoms with Gasteiger partial charge >= 0.3 is 0 Å². The molecule has 1 N–H and O–H groups in total. The Hall–Kier alpha value is -1.75. The maximum Gasteiger partial charge on any atom is 0.168 e. The van der Waals surface area contributed by atoms with E-state index in [9.17, 15) is 4.79 Å². The highest BCUT2D eigenvalue weighted by Gasteiger charge is 2.05. The summed E-state index contributed by atoms with van der Waals surface area (Å²) in [4.78, 5) is 14.8. The largest absolute Gasteiger partial charge is 0.396 e. The Kier molecular flexibility index (Phi) is 2.24. The predicted molar refractivity (Wildman–Crippen MR) is 49.2 cm³/mol. The van der Waals surface area contributed by atoms with Crippen molar-refractivity contribution in [2.75, 3.05) is 6.61 Å². The molecular weight excluding hydrogens is 182 g/mol. The van der Waals surface area contributed by atoms with Crippen LogP contribution in [0.2, 0.25) is 0 Å². The average Bonchev–Trinajstić information content (AvgIpc) is 2.60. The molecule has 0 bridgehead atoms. The van der Waals surface area contributed by atoms with Gasteiger partial charge in [0.1, 0.15) is 5.69 Å². The standard InChI is InChI=1S/C9H9N3O2/c13-5-4-8-10-9-3-1-2-7(6-14)12(9)11-8/h1-3,6,13H,4-5H2. The van der Waals surface area contributed by atoms with E-state index in [1.165, 1.54) is 4.52 Å². The van der Waals surface area contributed by atoms with Crippen LogP contribution in [0.1, 0.15) is 16.3 Å². The average molecular weight is 191 g/mol. The minimum Gasteiger partial charge on any atom is -0.396 e. The molecule has 5 heteroatoms. The van der Waals surface area contributed by atoms with Crippen molar-refractivity contribution in [3.8, 4) is 0 Å². The van der Waals surface area contributed by atoms with E-state index in [1.807, 2.05) is 0 Å². The number of aliphatic hydroxyl groups is 1. The van der Waals surface area contributed by atoms with Gasteiger partial charge < -0.3 is 5.11 Å². The van der Waals surface area contributed by atoms with Crippen molar-refractivity contribution in [1.29, 1.82) is 0 Å². The summed E-state index contributed by atoms with van der Waals surface area (Å²) in [6.07, 6.45) is 1.13. The van der Waals surface area contributed by atoms with Crippen molar-refractivity contribution in [2.24, 2.45) is 0 Å². The molecule has 0 radical (unpaired) electrons. The van der Waals surface area contributed by atoms with Crippen LogP contribution in [0.3, 0.4) is 0 Å². The van der Waals surface area contributed by atoms with Gasteiger partial charge in [-0.25, -0.2) is 9.50 Å². The van der Waals surface area contributed by atoms with E-state index in [2.05, 4.69) is 10.1 Å². The van der Waals surface area contributed by atoms with Crippen molar-refractivity contribution in [2.45, 2.75) is 6.42 Å². The molecule has 2 heterocycles. The molecule has 0 aromatic carbocycles. The van der Waals surface area contributed by atoms with Crippen LogP contribution < -0.4 is 0 Å². The minimum atomic E-state index is 0.00725. The molecule has 72 valence electrons. The number of hydrogen-bond acceptors (Lipinski definition) is 4. The predicted octanol–water partition coefficient (Wildman–Crippen LogP) is 0.0766. The molecule has 5 nitrogen and oxygen atoms in total. The quantitative estimate of drug-likeness (QED) is 0.697. The van der Waals surface area contributed by atoms with Crippen LogP contribution in [-0.4, -0.2) is 32.6 Å². The first-order chi connectivity index (χ1) is 6.85. The number of carbonyl (C=O) groups excluding carboxylic acids is 1. The van der Waals surface area contributed by atoms with Gasteiger partial charge in [-0.15, -0.1) is 0 Å². The first-order valence-electron chi connectivity index (χ1n) is 4.26. The van der Waals surface area contributed by atoms with E-state index >= 15 is 0 Å². The van der Waals surface area contributed by atoms with Crippen molar-refractivity contribution in [3.05, 3.63) is 29.7 Å². The van der Waals surface area contributed by atoms with Crippen LogP contribution in [0.15, 0.2) is 18.2 Å². The summed E-state index contributed by atoms with van der Waals surface area (Å²) in [5.41, 5.74) is 1.08. The Bertz CT molecular complexity index is 464. The van der Waals surface area contributed by atoms with Crippen molar-refractivity contribution < 1.29 is 9.90 Å². The Morgan fingerprint density at radius 2 is 2.36 bits per heavy atom. The molecule has 0 amide bonds. The monoisotopic (exact) mass is 191 g/mol. The maximum atomic E-state index is 10.6. The van der Waals surface area contributed by atoms with E-state index in [0.717, 1.165) is 6.29 Å². The number of pyridine rings is 1. The van der Waals surface area contributed by atoms with Gasteiger partial charge in [-0.2, -0.15) is 5.10 Å². The second-order valence-electron chi connectivity index (χ2n) is 2.84. The SMILES string of the molecule is O=Cc1cccc2nc(CCO)nn12. The third-order valence-corrected chi connectivity index (χ3v) is 1.89. The van der Waals surface area contributed by atoms with E-state index in [1.54, 1.807) is 18.2 Å². The van der Waals surface area contributed by atoms with Crippen LogP contribution >= 0.6 is 0 Å². The van der Waals surface area contributed by atoms with E-state index in [-0.39, 0.29) is 6.61 Å². The van der Waals surface area contributed by atoms with Gasteiger partial charge in [-0.1, -0.05) is 6.07 Å². The fourth-order valence-corrected chi connectivity index (χ4v) is 1.26. The highest BCUT2D eigenvalue weighted by Crippen LogP contribution is 2.04. The number of fused-ring (bicyclic) bond motifs is 1. The fourth-order valence-electron chi connectivity index (χ4n) is 1.26. The molecule has 0 aliphatic rings. The molecule has 0 fully saturated rings. The Morgan fingerprint density at radius 1 is 1.50 bits per heavy atom. The lowest BCUT2D eigenvalue weighted by Gasteiger charge is -1.92. The van der Waals surface area contributed by atoms with E-state index in [4.69, 9.17) is 5.11 Å². The molecule has 0 unspecified atom stereocenters. The Balaban J connectivity index is 2.58. The topological polar surface area (TPSA) is 67.5 Å². The summed E-state index contributed by atoms with van der Waals surface area (Å²) in [5, 5.41) is 12.8. The zero-order chi connectivity index (χ0) is 9.97. The highest BCUT2D eigenvalue weighted by molar-refractivity contribution is 5.73. The number of aldehydes is 1. The zero-order valence-corrected chi connectivity index (χ0v) is 7.42. The number of nitrogens with zero attached hydrogens (tertiary/aromatic N) is 3. The summed E-state index contributed by atoms with van der Waals surface area (Å²) in [6.45, 7) is 0.00725. The third-order valence-electron chi connectivity index (χ3n) is 1.89. The van der Waals surface area contributed by atoms with E-state index in [0.29, 0.717) is 23.6 Å². The molecule has 0 atom stereocenters. The molecule has 0 saturated heterocycles. The van der Waals surface area contributed by atoms with Gasteiger partial charge in [0.2, 0.25) is 0 Å². The second kappa shape index (κ2) is 3.55. The maximum absolute atomic E-state index is 10.6. The van der Waals surface area contributed by atoms with Crippen LogP contribution in [0.25, 0.3) is 5.65 Å². The normalized spacial score (nSPS) is 10.6. The van der Waals surface area contributed by atoms with Gasteiger partial charge in [0, 0.05) is 6.42 Å². The van der Waals surface area contributed by atoms with Crippen molar-refractivity contribution in [3.63, 3.8) is 0 Å². The first kappa shape index (κ1) is 8.83. The zero-order valence-electron chi connectivity index (χ0n) is 7.42. The Labute approximate surface area is 80.0 Å². The lowest BCUT2D eigenvalue weighted by atomic mass is 10.4. The molecular formula is C9H9N3O2. The number of hydrogen-bond donors (Lipinski definition) is 1. The van der Waals surface area contributed by atoms with Crippen LogP contribution in [0.4, 0.5) is 0 Å². The van der Waals surface area contributed by atoms with Crippen LogP contribution in [-0.2, 0) is 6.42 Å². The molecule has 0 saturated carbocycles. The second-order valence-corrected chi connectivity index (χ2v) is 2.84. The number of aromatic nitrogens is 3. The molecule has 0 spiro atoms. The summed E-state index contributed by atoms with van der Waals surface area (Å²) in [7, 11) is 0. The van der Waals surface area contributed by atoms with Crippen molar-refractivity contribution >= 4 is 11.9 Å². The fraction of sp³-hybridized carbons (Fsp3) is 0.222. The molecule has 2 aromatic heterocycles. The minimum absolute atomic E-state index is 0.00725. The summed E-state index contributed by atoms with van der Waals surface area (Å²) in [6, 6.07) is 5.18. The van der Waals surface area contributed by atoms with Gasteiger partial charge in [-0.3, -0.25) is 4.79 Å². The van der Waals surface area contributed by atoms with Gasteiger partial charge in [0.25, 0.3) is 0 Å². The van der Waals surface area contributed by atoms with E-state index < -0.39 is 0 Å². The van der Waals surface area contributed by atoms with Gasteiger partial charge in [-0.05, 0) is 12.1 Å². The summed E-state index contributed by atoms with van der Waals surface area (Å²) in [5.74, 6) is 0.543. The smallest absolute Gasteiger partial charge is 0.168 e. The summed E-state index contributed by atoms with van der Waals surface area (Å²) >= 11 is 0. The lowest BCUT2D eigenvalue weighted by molar-refractivity contribution is 0.111. The van der Waals surface area contributed by atoms with Gasteiger partial charge in [0.15, 0.2) is 17.8 Å². The Morgan fingerprint density at radius 3 is 3.07 bits per heavy atom. The molecule has 2 rings (SSSR count). The third kappa shape index (κ3) is 1.38. The number of carbonyl (C=O) groups is 1. The molecule has 14 heavy (non-hydrogen) atoms. The van der Waals surface area contributed by atoms with Gasteiger partial charge in [0.05, 0.1) is 6.61 Å². The lowest BCUT2D eigenvalue weighted by Crippen LogP contribution is -1.97. The van der Waals surface area contributed by atoms with Crippen molar-refractivity contribution in [1.82, 2.24) is 14.6 Å². The van der Waals surface area contributed by atoms with Crippen LogP contribution in [0.5, 0.6) is 0 Å².